The minimum absolute atomic E-state index is 0.0581. The molecule has 0 atom stereocenters. The highest BCUT2D eigenvalue weighted by Gasteiger charge is 2.14. The number of rotatable bonds is 5. The van der Waals surface area contributed by atoms with Crippen LogP contribution >= 0.6 is 12.2 Å². The van der Waals surface area contributed by atoms with Gasteiger partial charge in [-0.15, -0.1) is 0 Å². The maximum absolute atomic E-state index is 12.4. The third kappa shape index (κ3) is 5.04. The van der Waals surface area contributed by atoms with E-state index in [4.69, 9.17) is 16.6 Å². The lowest BCUT2D eigenvalue weighted by Crippen LogP contribution is -2.34. The molecule has 0 fully saturated rings. The number of benzene rings is 3. The van der Waals surface area contributed by atoms with Crippen LogP contribution in [0.5, 0.6) is 0 Å². The van der Waals surface area contributed by atoms with Crippen LogP contribution in [0.3, 0.4) is 0 Å². The molecule has 0 spiro atoms. The number of thiocarbonyl (C=S) groups is 1. The number of anilines is 1. The number of nitro groups is 1. The van der Waals surface area contributed by atoms with E-state index in [-0.39, 0.29) is 16.4 Å². The van der Waals surface area contributed by atoms with Gasteiger partial charge in [0.2, 0.25) is 5.89 Å². The summed E-state index contributed by atoms with van der Waals surface area (Å²) in [5, 5.41) is 16.4. The molecule has 1 heterocycles. The number of oxazole rings is 1. The average molecular weight is 461 g/mol. The van der Waals surface area contributed by atoms with Crippen molar-refractivity contribution in [2.45, 2.75) is 19.8 Å². The second-order valence-corrected chi connectivity index (χ2v) is 8.11. The maximum atomic E-state index is 12.4. The molecule has 8 nitrogen and oxygen atoms in total. The predicted octanol–water partition coefficient (Wildman–Crippen LogP) is 5.65. The van der Waals surface area contributed by atoms with Gasteiger partial charge < -0.3 is 9.73 Å². The number of carbonyl (C=O) groups is 1. The molecule has 0 aliphatic heterocycles. The molecule has 1 amide bonds. The zero-order valence-electron chi connectivity index (χ0n) is 17.9. The minimum Gasteiger partial charge on any atom is -0.436 e. The summed E-state index contributed by atoms with van der Waals surface area (Å²) in [5.41, 5.74) is 4.00. The lowest BCUT2D eigenvalue weighted by molar-refractivity contribution is -0.384. The Hall–Kier alpha value is -4.11. The SMILES string of the molecule is CC(C)c1ccc2oc(-c3cccc(NC(=S)NC(=O)c4cccc([N+](=O)[O-])c4)c3)nc2c1. The Balaban J connectivity index is 1.48. The highest BCUT2D eigenvalue weighted by atomic mass is 32.1. The van der Waals surface area contributed by atoms with Gasteiger partial charge in [-0.1, -0.05) is 32.0 Å². The first-order chi connectivity index (χ1) is 15.8. The van der Waals surface area contributed by atoms with Gasteiger partial charge in [0.25, 0.3) is 11.6 Å². The zero-order valence-corrected chi connectivity index (χ0v) is 18.7. The number of amides is 1. The Bertz CT molecular complexity index is 1380. The summed E-state index contributed by atoms with van der Waals surface area (Å²) in [5.74, 6) is 0.314. The first kappa shape index (κ1) is 22.1. The predicted molar refractivity (Wildman–Crippen MR) is 130 cm³/mol. The monoisotopic (exact) mass is 460 g/mol. The average Bonchev–Trinajstić information content (AvgIpc) is 3.22. The Kier molecular flexibility index (Phi) is 6.14. The Morgan fingerprint density at radius 3 is 2.64 bits per heavy atom. The van der Waals surface area contributed by atoms with Crippen molar-refractivity contribution in [1.29, 1.82) is 0 Å². The molecule has 0 aliphatic rings. The molecule has 0 saturated heterocycles. The van der Waals surface area contributed by atoms with Gasteiger partial charge in [-0.2, -0.15) is 0 Å². The molecule has 0 unspecified atom stereocenters. The van der Waals surface area contributed by atoms with Gasteiger partial charge in [-0.3, -0.25) is 20.2 Å². The number of nitrogens with one attached hydrogen (secondary N) is 2. The van der Waals surface area contributed by atoms with Crippen molar-refractivity contribution < 1.29 is 14.1 Å². The number of nitrogens with zero attached hydrogens (tertiary/aromatic N) is 2. The molecule has 4 aromatic rings. The van der Waals surface area contributed by atoms with Gasteiger partial charge in [0, 0.05) is 28.9 Å². The van der Waals surface area contributed by atoms with E-state index in [9.17, 15) is 14.9 Å². The van der Waals surface area contributed by atoms with Gasteiger partial charge in [-0.25, -0.2) is 4.98 Å². The van der Waals surface area contributed by atoms with Gasteiger partial charge in [-0.05, 0) is 60.1 Å². The molecule has 33 heavy (non-hydrogen) atoms. The van der Waals surface area contributed by atoms with Crippen molar-refractivity contribution in [2.75, 3.05) is 5.32 Å². The number of nitro benzene ring substituents is 1. The van der Waals surface area contributed by atoms with Crippen LogP contribution in [-0.2, 0) is 0 Å². The number of non-ortho nitro benzene ring substituents is 1. The minimum atomic E-state index is -0.561. The van der Waals surface area contributed by atoms with E-state index in [1.54, 1.807) is 12.1 Å². The number of carbonyl (C=O) groups excluding carboxylic acids is 1. The summed E-state index contributed by atoms with van der Waals surface area (Å²) in [4.78, 5) is 27.4. The van der Waals surface area contributed by atoms with Gasteiger partial charge in [0.1, 0.15) is 5.52 Å². The standard InChI is InChI=1S/C24H20N4O4S/c1-14(2)15-9-10-21-20(13-15)26-23(32-21)17-6-3-7-18(11-17)25-24(33)27-22(29)16-5-4-8-19(12-16)28(30)31/h3-14H,1-2H3,(H2,25,27,29,33). The topological polar surface area (TPSA) is 110 Å². The zero-order chi connectivity index (χ0) is 23.5. The molecule has 1 aromatic heterocycles. The van der Waals surface area contributed by atoms with Crippen LogP contribution in [0.2, 0.25) is 0 Å². The van der Waals surface area contributed by atoms with E-state index in [1.165, 1.54) is 29.8 Å². The van der Waals surface area contributed by atoms with Gasteiger partial charge in [0.15, 0.2) is 10.7 Å². The molecule has 0 bridgehead atoms. The smallest absolute Gasteiger partial charge is 0.270 e. The molecule has 9 heteroatoms. The van der Waals surface area contributed by atoms with Crippen LogP contribution in [-0.4, -0.2) is 20.9 Å². The lowest BCUT2D eigenvalue weighted by Gasteiger charge is -2.10. The number of fused-ring (bicyclic) bond motifs is 1. The highest BCUT2D eigenvalue weighted by molar-refractivity contribution is 7.80. The van der Waals surface area contributed by atoms with Crippen LogP contribution in [0, 0.1) is 10.1 Å². The third-order valence-corrected chi connectivity index (χ3v) is 5.20. The normalized spacial score (nSPS) is 10.9. The van der Waals surface area contributed by atoms with Gasteiger partial charge in [0.05, 0.1) is 4.92 Å². The first-order valence-corrected chi connectivity index (χ1v) is 10.6. The van der Waals surface area contributed by atoms with E-state index in [0.717, 1.165) is 11.1 Å². The Morgan fingerprint density at radius 1 is 1.09 bits per heavy atom. The summed E-state index contributed by atoms with van der Waals surface area (Å²) in [6, 6.07) is 18.7. The molecule has 2 N–H and O–H groups in total. The first-order valence-electron chi connectivity index (χ1n) is 10.2. The second kappa shape index (κ2) is 9.17. The summed E-state index contributed by atoms with van der Waals surface area (Å²) in [7, 11) is 0. The number of hydrogen-bond acceptors (Lipinski definition) is 6. The molecule has 3 aromatic carbocycles. The fourth-order valence-corrected chi connectivity index (χ4v) is 3.47. The Labute approximate surface area is 194 Å². The van der Waals surface area contributed by atoms with Crippen molar-refractivity contribution in [3.05, 3.63) is 88.0 Å². The lowest BCUT2D eigenvalue weighted by atomic mass is 10.0. The third-order valence-electron chi connectivity index (χ3n) is 4.99. The number of aromatic nitrogens is 1. The van der Waals surface area contributed by atoms with Crippen LogP contribution in [0.1, 0.15) is 35.7 Å². The van der Waals surface area contributed by atoms with Crippen molar-refractivity contribution in [2.24, 2.45) is 0 Å². The highest BCUT2D eigenvalue weighted by Crippen LogP contribution is 2.28. The fraction of sp³-hybridized carbons (Fsp3) is 0.125. The van der Waals surface area contributed by atoms with E-state index >= 15 is 0 Å². The van der Waals surface area contributed by atoms with E-state index in [1.807, 2.05) is 30.3 Å². The largest absolute Gasteiger partial charge is 0.436 e. The van der Waals surface area contributed by atoms with Gasteiger partial charge >= 0.3 is 0 Å². The van der Waals surface area contributed by atoms with E-state index < -0.39 is 10.8 Å². The molecular formula is C24H20N4O4S. The molecule has 0 saturated carbocycles. The van der Waals surface area contributed by atoms with Crippen LogP contribution in [0.25, 0.3) is 22.6 Å². The Morgan fingerprint density at radius 2 is 1.88 bits per heavy atom. The maximum Gasteiger partial charge on any atom is 0.270 e. The molecular weight excluding hydrogens is 440 g/mol. The van der Waals surface area contributed by atoms with Crippen molar-refractivity contribution in [1.82, 2.24) is 10.3 Å². The summed E-state index contributed by atoms with van der Waals surface area (Å²) < 4.78 is 5.91. The summed E-state index contributed by atoms with van der Waals surface area (Å²) in [6.07, 6.45) is 0. The second-order valence-electron chi connectivity index (χ2n) is 7.70. The van der Waals surface area contributed by atoms with Crippen LogP contribution in [0.15, 0.2) is 71.1 Å². The molecule has 4 rings (SSSR count). The number of hydrogen-bond donors (Lipinski definition) is 2. The van der Waals surface area contributed by atoms with E-state index in [2.05, 4.69) is 29.5 Å². The quantitative estimate of drug-likeness (QED) is 0.225. The summed E-state index contributed by atoms with van der Waals surface area (Å²) >= 11 is 5.23. The fourth-order valence-electron chi connectivity index (χ4n) is 3.26. The van der Waals surface area contributed by atoms with Crippen LogP contribution in [0.4, 0.5) is 11.4 Å². The molecule has 166 valence electrons. The van der Waals surface area contributed by atoms with E-state index in [0.29, 0.717) is 23.1 Å². The van der Waals surface area contributed by atoms with Crippen molar-refractivity contribution >= 4 is 45.7 Å². The van der Waals surface area contributed by atoms with Crippen LogP contribution < -0.4 is 10.6 Å². The molecule has 0 aliphatic carbocycles. The van der Waals surface area contributed by atoms with Crippen molar-refractivity contribution in [3.63, 3.8) is 0 Å². The molecule has 0 radical (unpaired) electrons. The van der Waals surface area contributed by atoms with Crippen molar-refractivity contribution in [3.8, 4) is 11.5 Å². The summed E-state index contributed by atoms with van der Waals surface area (Å²) in [6.45, 7) is 4.25.